The van der Waals surface area contributed by atoms with Crippen molar-refractivity contribution >= 4 is 33.4 Å². The van der Waals surface area contributed by atoms with Gasteiger partial charge in [0.25, 0.3) is 5.91 Å². The van der Waals surface area contributed by atoms with Gasteiger partial charge in [-0.1, -0.05) is 11.6 Å². The summed E-state index contributed by atoms with van der Waals surface area (Å²) in [4.78, 5) is 12.2. The molecular formula is C13H14BrClN2O2. The van der Waals surface area contributed by atoms with Crippen LogP contribution in [0.1, 0.15) is 16.8 Å². The predicted octanol–water partition coefficient (Wildman–Crippen LogP) is 1.95. The molecule has 1 aromatic rings. The van der Waals surface area contributed by atoms with E-state index in [4.69, 9.17) is 22.1 Å². The quantitative estimate of drug-likeness (QED) is 0.861. The summed E-state index contributed by atoms with van der Waals surface area (Å²) in [7, 11) is 0. The van der Waals surface area contributed by atoms with Crippen molar-refractivity contribution in [2.75, 3.05) is 6.61 Å². The van der Waals surface area contributed by atoms with Gasteiger partial charge in [0.05, 0.1) is 17.7 Å². The number of hydrogen-bond donors (Lipinski definition) is 2. The molecule has 1 saturated heterocycles. The number of hydrogen-bond acceptors (Lipinski definition) is 3. The summed E-state index contributed by atoms with van der Waals surface area (Å²) < 4.78 is 6.27. The highest BCUT2D eigenvalue weighted by molar-refractivity contribution is 9.10. The smallest absolute Gasteiger partial charge is 0.252 e. The van der Waals surface area contributed by atoms with E-state index in [1.54, 1.807) is 18.2 Å². The summed E-state index contributed by atoms with van der Waals surface area (Å²) in [6, 6.07) is 4.98. The van der Waals surface area contributed by atoms with Gasteiger partial charge in [0, 0.05) is 28.1 Å². The topological polar surface area (TPSA) is 64.3 Å². The zero-order chi connectivity index (χ0) is 13.6. The van der Waals surface area contributed by atoms with Crippen LogP contribution >= 0.6 is 27.5 Å². The van der Waals surface area contributed by atoms with E-state index in [1.807, 2.05) is 0 Å². The van der Waals surface area contributed by atoms with Crippen molar-refractivity contribution in [1.29, 1.82) is 0 Å². The van der Waals surface area contributed by atoms with Crippen molar-refractivity contribution < 1.29 is 9.53 Å². The minimum Gasteiger partial charge on any atom is -0.376 e. The highest BCUT2D eigenvalue weighted by Crippen LogP contribution is 2.38. The van der Waals surface area contributed by atoms with E-state index in [9.17, 15) is 4.79 Å². The molecule has 0 aromatic heterocycles. The number of carbonyl (C=O) groups is 1. The zero-order valence-electron chi connectivity index (χ0n) is 10.1. The van der Waals surface area contributed by atoms with Gasteiger partial charge in [-0.3, -0.25) is 4.79 Å². The van der Waals surface area contributed by atoms with E-state index in [0.717, 1.165) is 13.0 Å². The SMILES string of the molecule is NC1C2CCOC2C1NC(=O)c1ccc(Cl)cc1Br. The van der Waals surface area contributed by atoms with Crippen LogP contribution in [0.3, 0.4) is 0 Å². The third-order valence-electron chi connectivity index (χ3n) is 3.92. The van der Waals surface area contributed by atoms with Crippen molar-refractivity contribution in [2.24, 2.45) is 11.7 Å². The van der Waals surface area contributed by atoms with E-state index in [0.29, 0.717) is 21.0 Å². The van der Waals surface area contributed by atoms with E-state index in [-0.39, 0.29) is 24.1 Å². The summed E-state index contributed by atoms with van der Waals surface area (Å²) in [6.45, 7) is 0.736. The number of amides is 1. The molecule has 1 saturated carbocycles. The Morgan fingerprint density at radius 3 is 3.05 bits per heavy atom. The molecule has 1 aromatic carbocycles. The maximum atomic E-state index is 12.2. The summed E-state index contributed by atoms with van der Waals surface area (Å²) in [6.07, 6.45) is 1.06. The number of halogens is 2. The average Bonchev–Trinajstić information content (AvgIpc) is 2.80. The first-order valence-electron chi connectivity index (χ1n) is 6.21. The Labute approximate surface area is 124 Å². The van der Waals surface area contributed by atoms with Crippen LogP contribution in [-0.4, -0.2) is 30.7 Å². The van der Waals surface area contributed by atoms with Gasteiger partial charge >= 0.3 is 0 Å². The first-order chi connectivity index (χ1) is 9.08. The van der Waals surface area contributed by atoms with Crippen molar-refractivity contribution in [3.8, 4) is 0 Å². The van der Waals surface area contributed by atoms with Gasteiger partial charge in [-0.05, 0) is 40.5 Å². The second-order valence-electron chi connectivity index (χ2n) is 4.99. The second-order valence-corrected chi connectivity index (χ2v) is 6.28. The molecule has 3 N–H and O–H groups in total. The molecule has 102 valence electrons. The van der Waals surface area contributed by atoms with Crippen LogP contribution in [0.2, 0.25) is 5.02 Å². The molecule has 0 spiro atoms. The summed E-state index contributed by atoms with van der Waals surface area (Å²) >= 11 is 9.20. The Balaban J connectivity index is 1.71. The Bertz CT molecular complexity index is 525. The molecule has 4 nitrogen and oxygen atoms in total. The number of nitrogens with two attached hydrogens (primary N) is 1. The zero-order valence-corrected chi connectivity index (χ0v) is 12.4. The molecule has 1 amide bonds. The normalized spacial score (nSPS) is 32.6. The standard InChI is InChI=1S/C13H14BrClN2O2/c14-9-5-6(15)1-2-7(9)13(18)17-11-10(16)8-3-4-19-12(8)11/h1-2,5,8,10-12H,3-4,16H2,(H,17,18). The fourth-order valence-electron chi connectivity index (χ4n) is 2.83. The third kappa shape index (κ3) is 2.29. The number of ether oxygens (including phenoxy) is 1. The lowest BCUT2D eigenvalue weighted by molar-refractivity contribution is -0.0161. The van der Waals surface area contributed by atoms with Gasteiger partial charge in [-0.25, -0.2) is 0 Å². The second kappa shape index (κ2) is 5.05. The highest BCUT2D eigenvalue weighted by atomic mass is 79.9. The van der Waals surface area contributed by atoms with Gasteiger partial charge < -0.3 is 15.8 Å². The summed E-state index contributed by atoms with van der Waals surface area (Å²) in [5.41, 5.74) is 6.62. The lowest BCUT2D eigenvalue weighted by Gasteiger charge is -2.45. The van der Waals surface area contributed by atoms with Crippen LogP contribution < -0.4 is 11.1 Å². The van der Waals surface area contributed by atoms with Crippen molar-refractivity contribution in [2.45, 2.75) is 24.6 Å². The molecular weight excluding hydrogens is 332 g/mol. The van der Waals surface area contributed by atoms with E-state index >= 15 is 0 Å². The average molecular weight is 346 g/mol. The number of nitrogens with one attached hydrogen (secondary N) is 1. The van der Waals surface area contributed by atoms with Crippen LogP contribution in [0, 0.1) is 5.92 Å². The first kappa shape index (κ1) is 13.4. The van der Waals surface area contributed by atoms with Gasteiger partial charge in [-0.15, -0.1) is 0 Å². The van der Waals surface area contributed by atoms with Crippen LogP contribution in [-0.2, 0) is 4.74 Å². The maximum Gasteiger partial charge on any atom is 0.252 e. The molecule has 1 aliphatic heterocycles. The number of fused-ring (bicyclic) bond motifs is 1. The minimum absolute atomic E-state index is 0.0116. The number of benzene rings is 1. The van der Waals surface area contributed by atoms with E-state index < -0.39 is 0 Å². The molecule has 19 heavy (non-hydrogen) atoms. The highest BCUT2D eigenvalue weighted by Gasteiger charge is 2.52. The van der Waals surface area contributed by atoms with Crippen molar-refractivity contribution in [3.63, 3.8) is 0 Å². The van der Waals surface area contributed by atoms with Crippen LogP contribution in [0.25, 0.3) is 0 Å². The molecule has 0 radical (unpaired) electrons. The molecule has 4 unspecified atom stereocenters. The lowest BCUT2D eigenvalue weighted by atomic mass is 9.72. The first-order valence-corrected chi connectivity index (χ1v) is 7.38. The molecule has 0 bridgehead atoms. The van der Waals surface area contributed by atoms with Crippen LogP contribution in [0.5, 0.6) is 0 Å². The lowest BCUT2D eigenvalue weighted by Crippen LogP contribution is -2.68. The summed E-state index contributed by atoms with van der Waals surface area (Å²) in [5, 5.41) is 3.54. The van der Waals surface area contributed by atoms with Gasteiger partial charge in [0.1, 0.15) is 0 Å². The largest absolute Gasteiger partial charge is 0.376 e. The fourth-order valence-corrected chi connectivity index (χ4v) is 3.69. The Kier molecular flexibility index (Phi) is 3.55. The van der Waals surface area contributed by atoms with Crippen LogP contribution in [0.15, 0.2) is 22.7 Å². The minimum atomic E-state index is -0.155. The molecule has 2 aliphatic rings. The van der Waals surface area contributed by atoms with Gasteiger partial charge in [0.15, 0.2) is 0 Å². The number of rotatable bonds is 2. The maximum absolute atomic E-state index is 12.2. The molecule has 2 fully saturated rings. The monoisotopic (exact) mass is 344 g/mol. The van der Waals surface area contributed by atoms with Gasteiger partial charge in [-0.2, -0.15) is 0 Å². The predicted molar refractivity (Wildman–Crippen MR) is 76.2 cm³/mol. The van der Waals surface area contributed by atoms with Gasteiger partial charge in [0.2, 0.25) is 0 Å². The van der Waals surface area contributed by atoms with Crippen molar-refractivity contribution in [1.82, 2.24) is 5.32 Å². The molecule has 4 atom stereocenters. The van der Waals surface area contributed by atoms with Crippen LogP contribution in [0.4, 0.5) is 0 Å². The fraction of sp³-hybridized carbons (Fsp3) is 0.462. The molecule has 1 heterocycles. The molecule has 6 heteroatoms. The molecule has 3 rings (SSSR count). The molecule has 1 aliphatic carbocycles. The Hall–Kier alpha value is -0.620. The van der Waals surface area contributed by atoms with E-state index in [2.05, 4.69) is 21.2 Å². The van der Waals surface area contributed by atoms with E-state index in [1.165, 1.54) is 0 Å². The number of carbonyl (C=O) groups excluding carboxylic acids is 1. The van der Waals surface area contributed by atoms with Crippen molar-refractivity contribution in [3.05, 3.63) is 33.3 Å². The Morgan fingerprint density at radius 2 is 2.32 bits per heavy atom. The Morgan fingerprint density at radius 1 is 1.53 bits per heavy atom. The third-order valence-corrected chi connectivity index (χ3v) is 4.81. The summed E-state index contributed by atoms with van der Waals surface area (Å²) in [5.74, 6) is 0.233.